The summed E-state index contributed by atoms with van der Waals surface area (Å²) in [5, 5.41) is 0. The van der Waals surface area contributed by atoms with Crippen molar-refractivity contribution in [3.05, 3.63) is 216 Å². The van der Waals surface area contributed by atoms with Crippen molar-refractivity contribution in [2.45, 2.75) is 104 Å². The van der Waals surface area contributed by atoms with Gasteiger partial charge in [-0.1, -0.05) is 196 Å². The number of nitrogens with zero attached hydrogens (tertiary/aromatic N) is 3. The minimum Gasteiger partial charge on any atom is -0.472 e. The van der Waals surface area contributed by atoms with Crippen LogP contribution in [-0.4, -0.2) is 6.71 Å². The normalized spacial score (nSPS) is 17.2. The van der Waals surface area contributed by atoms with Crippen LogP contribution in [0.2, 0.25) is 0 Å². The predicted molar refractivity (Wildman–Crippen MR) is 311 cm³/mol. The fraction of sp³-hybridized carbons (Fsp3) is 0.235. The highest BCUT2D eigenvalue weighted by Gasteiger charge is 2.52. The van der Waals surface area contributed by atoms with Gasteiger partial charge < -0.3 is 19.1 Å². The van der Waals surface area contributed by atoms with Gasteiger partial charge in [-0.2, -0.15) is 0 Å². The van der Waals surface area contributed by atoms with Crippen molar-refractivity contribution in [3.63, 3.8) is 0 Å². The van der Waals surface area contributed by atoms with E-state index in [4.69, 9.17) is 12.6 Å². The van der Waals surface area contributed by atoms with Gasteiger partial charge in [0.2, 0.25) is 0 Å². The van der Waals surface area contributed by atoms with Crippen molar-refractivity contribution < 1.29 is 18.1 Å². The number of rotatable bonds is 7. The highest BCUT2D eigenvalue weighted by atomic mass is 16.3. The number of hydrogen-bond acceptors (Lipinski definition) is 4. The van der Waals surface area contributed by atoms with E-state index in [-0.39, 0.29) is 46.3 Å². The van der Waals surface area contributed by atoms with E-state index < -0.39 is 53.8 Å². The Balaban J connectivity index is 1.30. The molecule has 5 heteroatoms. The molecule has 0 amide bonds. The molecule has 3 heterocycles. The summed E-state index contributed by atoms with van der Waals surface area (Å²) in [5.41, 5.74) is 12.8. The maximum absolute atomic E-state index is 9.62. The second-order valence-electron chi connectivity index (χ2n) is 23.4. The van der Waals surface area contributed by atoms with Crippen molar-refractivity contribution in [2.24, 2.45) is 0 Å². The van der Waals surface area contributed by atoms with Crippen LogP contribution < -0.4 is 31.3 Å². The topological polar surface area (TPSA) is 22.9 Å². The van der Waals surface area contributed by atoms with Gasteiger partial charge in [0.25, 0.3) is 6.71 Å². The maximum Gasteiger partial charge on any atom is 0.297 e. The average Bonchev–Trinajstić information content (AvgIpc) is 2.66. The average molecular weight is 962 g/mol. The van der Waals surface area contributed by atoms with E-state index in [9.17, 15) is 5.48 Å². The molecule has 0 bridgehead atoms. The Bertz CT molecular complexity index is 4090. The number of furan rings is 1. The number of hydrogen-bond donors (Lipinski definition) is 0. The quantitative estimate of drug-likeness (QED) is 0.149. The van der Waals surface area contributed by atoms with Crippen molar-refractivity contribution >= 4 is 74.5 Å². The number of para-hydroxylation sites is 2. The Morgan fingerprint density at radius 2 is 1.11 bits per heavy atom. The first-order valence-corrected chi connectivity index (χ1v) is 25.5. The molecule has 362 valence electrons. The summed E-state index contributed by atoms with van der Waals surface area (Å²) >= 11 is 0. The van der Waals surface area contributed by atoms with Gasteiger partial charge in [-0.15, -0.1) is 0 Å². The monoisotopic (exact) mass is 962 g/mol. The van der Waals surface area contributed by atoms with Crippen LogP contribution in [0.15, 0.2) is 198 Å². The van der Waals surface area contributed by atoms with Gasteiger partial charge in [-0.3, -0.25) is 0 Å². The number of anilines is 9. The van der Waals surface area contributed by atoms with Gasteiger partial charge in [0, 0.05) is 50.7 Å². The molecule has 0 radical (unpaired) electrons. The lowest BCUT2D eigenvalue weighted by Gasteiger charge is -2.45. The SMILES string of the molecule is [2H]c1c([2H])c([2H])c(-c2ccc3c(c2)B2c4oc5c(c4N(c4ccc(C(C)(C)C)cc4)c4cc(N(c6ccccc6)c6c([2H])c([2H])c([2H])c([2H])c6[2H])cc(c42)N3c2ccc(C(C)(C)C)cc2-c2ccccc2)C(C)(C)CCC5(C)C)c([2H])c1[2H]. The van der Waals surface area contributed by atoms with Crippen LogP contribution in [0.1, 0.15) is 118 Å². The highest BCUT2D eigenvalue weighted by Crippen LogP contribution is 2.56. The molecule has 73 heavy (non-hydrogen) atoms. The molecule has 8 aromatic carbocycles. The zero-order valence-electron chi connectivity index (χ0n) is 53.4. The largest absolute Gasteiger partial charge is 0.472 e. The molecule has 0 unspecified atom stereocenters. The zero-order chi connectivity index (χ0) is 59.3. The molecule has 0 atom stereocenters. The lowest BCUT2D eigenvalue weighted by atomic mass is 9.35. The van der Waals surface area contributed by atoms with Crippen LogP contribution in [0.25, 0.3) is 22.3 Å². The molecule has 1 aromatic heterocycles. The van der Waals surface area contributed by atoms with E-state index in [1.165, 1.54) is 0 Å². The Kier molecular flexibility index (Phi) is 8.51. The molecule has 0 N–H and O–H groups in total. The summed E-state index contributed by atoms with van der Waals surface area (Å²) in [4.78, 5) is 6.36. The minimum atomic E-state index is -0.665. The molecule has 12 rings (SSSR count). The van der Waals surface area contributed by atoms with Gasteiger partial charge in [-0.25, -0.2) is 0 Å². The van der Waals surface area contributed by atoms with E-state index >= 15 is 0 Å². The van der Waals surface area contributed by atoms with Crippen molar-refractivity contribution in [1.82, 2.24) is 0 Å². The van der Waals surface area contributed by atoms with E-state index in [2.05, 4.69) is 146 Å². The number of fused-ring (bicyclic) bond motifs is 6. The van der Waals surface area contributed by atoms with Gasteiger partial charge in [-0.05, 0) is 135 Å². The smallest absolute Gasteiger partial charge is 0.297 e. The summed E-state index contributed by atoms with van der Waals surface area (Å²) in [5.74, 6) is 0.879. The molecule has 0 saturated heterocycles. The third kappa shape index (κ3) is 7.82. The van der Waals surface area contributed by atoms with Crippen LogP contribution in [0.4, 0.5) is 51.2 Å². The molecule has 0 saturated carbocycles. The highest BCUT2D eigenvalue weighted by molar-refractivity contribution is 6.99. The maximum atomic E-state index is 9.62. The van der Waals surface area contributed by atoms with Crippen LogP contribution in [0, 0.1) is 0 Å². The van der Waals surface area contributed by atoms with Crippen molar-refractivity contribution in [3.8, 4) is 22.3 Å². The molecule has 9 aromatic rings. The van der Waals surface area contributed by atoms with Crippen LogP contribution in [-0.2, 0) is 21.7 Å². The summed E-state index contributed by atoms with van der Waals surface area (Å²) in [6, 6.07) is 40.9. The standard InChI is InChI=1S/C68H66BN3O/c1-65(2,3)48-32-35-52(36-33-48)71-58-43-53(70(50-27-19-13-20-28-50)51-29-21-14-22-30-51)44-59-61(58)69(64-62(71)60-63(73-64)68(9,10)40-39-67(60,7)8)55-41-47(45-23-15-11-16-24-45)31-37-57(55)72(59)56-38-34-49(66(4,5)6)42-54(56)46-25-17-12-18-26-46/h11-38,41-44H,39-40H2,1-10H3/i11D,13D,15D,16D,19D,20D,23D,24D,27D,28D. The minimum absolute atomic E-state index is 0.0161. The summed E-state index contributed by atoms with van der Waals surface area (Å²) < 4.78 is 98.7. The summed E-state index contributed by atoms with van der Waals surface area (Å²) in [6.07, 6.45) is 1.74. The molecule has 2 aliphatic heterocycles. The van der Waals surface area contributed by atoms with Crippen LogP contribution in [0.3, 0.4) is 0 Å². The second-order valence-corrected chi connectivity index (χ2v) is 23.4. The Labute approximate surface area is 448 Å². The summed E-state index contributed by atoms with van der Waals surface area (Å²) in [7, 11) is 0. The third-order valence-corrected chi connectivity index (χ3v) is 15.5. The Hall–Kier alpha value is -7.50. The lowest BCUT2D eigenvalue weighted by molar-refractivity contribution is 0.282. The lowest BCUT2D eigenvalue weighted by Crippen LogP contribution is -2.61. The van der Waals surface area contributed by atoms with Gasteiger partial charge in [0.1, 0.15) is 5.76 Å². The zero-order valence-corrected chi connectivity index (χ0v) is 43.4. The first-order valence-electron chi connectivity index (χ1n) is 30.5. The molecule has 0 fully saturated rings. The van der Waals surface area contributed by atoms with Gasteiger partial charge >= 0.3 is 0 Å². The van der Waals surface area contributed by atoms with Gasteiger partial charge in [0.05, 0.1) is 36.4 Å². The van der Waals surface area contributed by atoms with E-state index in [0.717, 1.165) is 91.5 Å². The Morgan fingerprint density at radius 1 is 0.521 bits per heavy atom. The van der Waals surface area contributed by atoms with Crippen LogP contribution >= 0.6 is 0 Å². The number of benzene rings is 8. The molecule has 3 aliphatic rings. The first kappa shape index (κ1) is 36.4. The second kappa shape index (κ2) is 17.1. The molecule has 4 nitrogen and oxygen atoms in total. The third-order valence-electron chi connectivity index (χ3n) is 15.5. The molecular formula is C68H66BN3O. The first-order chi connectivity index (χ1) is 39.1. The molecule has 0 spiro atoms. The van der Waals surface area contributed by atoms with E-state index in [0.29, 0.717) is 22.6 Å². The van der Waals surface area contributed by atoms with Crippen LogP contribution in [0.5, 0.6) is 0 Å². The fourth-order valence-corrected chi connectivity index (χ4v) is 11.5. The Morgan fingerprint density at radius 3 is 1.77 bits per heavy atom. The molecular weight excluding hydrogens is 886 g/mol. The predicted octanol–water partition coefficient (Wildman–Crippen LogP) is 17.1. The van der Waals surface area contributed by atoms with E-state index in [1.54, 1.807) is 4.90 Å². The van der Waals surface area contributed by atoms with E-state index in [1.807, 2.05) is 66.7 Å². The summed E-state index contributed by atoms with van der Waals surface area (Å²) in [6.45, 7) is 21.6. The van der Waals surface area contributed by atoms with Gasteiger partial charge in [0.15, 0.2) is 0 Å². The fourth-order valence-electron chi connectivity index (χ4n) is 11.5. The molecule has 1 aliphatic carbocycles. The van der Waals surface area contributed by atoms with Crippen molar-refractivity contribution in [1.29, 1.82) is 0 Å². The van der Waals surface area contributed by atoms with Crippen molar-refractivity contribution in [2.75, 3.05) is 14.7 Å².